The summed E-state index contributed by atoms with van der Waals surface area (Å²) in [5.74, 6) is -0.851. The van der Waals surface area contributed by atoms with E-state index in [2.05, 4.69) is 15.9 Å². The Hall–Kier alpha value is -0.830. The first-order chi connectivity index (χ1) is 6.43. The molecule has 0 aliphatic rings. The Kier molecular flexibility index (Phi) is 3.32. The minimum atomic E-state index is -0.851. The molecule has 0 aromatic heterocycles. The molecule has 76 valence electrons. The molecule has 14 heavy (non-hydrogen) atoms. The lowest BCUT2D eigenvalue weighted by molar-refractivity contribution is -0.136. The first kappa shape index (κ1) is 11.2. The highest BCUT2D eigenvalue weighted by Crippen LogP contribution is 2.28. The van der Waals surface area contributed by atoms with Gasteiger partial charge in [0.25, 0.3) is 0 Å². The number of aryl methyl sites for hydroxylation is 3. The van der Waals surface area contributed by atoms with Gasteiger partial charge in [0.2, 0.25) is 0 Å². The molecule has 0 saturated heterocycles. The number of aliphatic carboxylic acids is 1. The van der Waals surface area contributed by atoms with Crippen LogP contribution in [0.4, 0.5) is 0 Å². The SMILES string of the molecule is Cc1cc(C)c(C(Br)C(=O)O)cc1C. The van der Waals surface area contributed by atoms with Crippen LogP contribution in [0.5, 0.6) is 0 Å². The average Bonchev–Trinajstić information content (AvgIpc) is 2.10. The maximum absolute atomic E-state index is 10.8. The summed E-state index contributed by atoms with van der Waals surface area (Å²) < 4.78 is 0. The molecule has 2 nitrogen and oxygen atoms in total. The van der Waals surface area contributed by atoms with Crippen LogP contribution in [0.3, 0.4) is 0 Å². The highest BCUT2D eigenvalue weighted by Gasteiger charge is 2.18. The van der Waals surface area contributed by atoms with Crippen molar-refractivity contribution in [1.82, 2.24) is 0 Å². The molecule has 3 heteroatoms. The number of halogens is 1. The van der Waals surface area contributed by atoms with E-state index < -0.39 is 10.8 Å². The summed E-state index contributed by atoms with van der Waals surface area (Å²) in [5, 5.41) is 8.87. The molecule has 0 spiro atoms. The molecule has 0 bridgehead atoms. The average molecular weight is 257 g/mol. The lowest BCUT2D eigenvalue weighted by Crippen LogP contribution is -2.06. The molecular weight excluding hydrogens is 244 g/mol. The van der Waals surface area contributed by atoms with Gasteiger partial charge in [0.1, 0.15) is 4.83 Å². The van der Waals surface area contributed by atoms with Gasteiger partial charge in [-0.2, -0.15) is 0 Å². The number of rotatable bonds is 2. The predicted octanol–water partition coefficient (Wildman–Crippen LogP) is 3.13. The summed E-state index contributed by atoms with van der Waals surface area (Å²) >= 11 is 3.16. The molecule has 1 unspecified atom stereocenters. The zero-order chi connectivity index (χ0) is 10.9. The van der Waals surface area contributed by atoms with Crippen LogP contribution in [0.25, 0.3) is 0 Å². The summed E-state index contributed by atoms with van der Waals surface area (Å²) in [6, 6.07) is 3.94. The van der Waals surface area contributed by atoms with Crippen molar-refractivity contribution in [1.29, 1.82) is 0 Å². The third-order valence-corrected chi connectivity index (χ3v) is 3.26. The number of benzene rings is 1. The van der Waals surface area contributed by atoms with Crippen molar-refractivity contribution in [3.8, 4) is 0 Å². The van der Waals surface area contributed by atoms with Crippen molar-refractivity contribution in [2.45, 2.75) is 25.6 Å². The lowest BCUT2D eigenvalue weighted by atomic mass is 9.99. The number of carboxylic acid groups (broad SMARTS) is 1. The molecular formula is C11H13BrO2. The second-order valence-electron chi connectivity index (χ2n) is 3.49. The maximum Gasteiger partial charge on any atom is 0.321 e. The van der Waals surface area contributed by atoms with Gasteiger partial charge in [0.05, 0.1) is 0 Å². The Balaban J connectivity index is 3.22. The summed E-state index contributed by atoms with van der Waals surface area (Å²) in [4.78, 5) is 10.2. The number of alkyl halides is 1. The van der Waals surface area contributed by atoms with E-state index >= 15 is 0 Å². The summed E-state index contributed by atoms with van der Waals surface area (Å²) in [6.07, 6.45) is 0. The highest BCUT2D eigenvalue weighted by molar-refractivity contribution is 9.09. The number of carbonyl (C=O) groups is 1. The quantitative estimate of drug-likeness (QED) is 0.826. The van der Waals surface area contributed by atoms with Crippen LogP contribution in [0, 0.1) is 20.8 Å². The minimum absolute atomic E-state index is 0.609. The standard InChI is InChI=1S/C11H13BrO2/c1-6-4-8(3)9(5-7(6)2)10(12)11(13)14/h4-5,10H,1-3H3,(H,13,14). The van der Waals surface area contributed by atoms with E-state index in [-0.39, 0.29) is 0 Å². The van der Waals surface area contributed by atoms with Crippen molar-refractivity contribution >= 4 is 21.9 Å². The van der Waals surface area contributed by atoms with Gasteiger partial charge in [0, 0.05) is 0 Å². The molecule has 0 amide bonds. The van der Waals surface area contributed by atoms with Crippen LogP contribution in [-0.2, 0) is 4.79 Å². The third kappa shape index (κ3) is 2.15. The number of hydrogen-bond acceptors (Lipinski definition) is 1. The monoisotopic (exact) mass is 256 g/mol. The van der Waals surface area contributed by atoms with Crippen LogP contribution < -0.4 is 0 Å². The van der Waals surface area contributed by atoms with E-state index in [1.807, 2.05) is 32.9 Å². The van der Waals surface area contributed by atoms with Crippen molar-refractivity contribution in [2.75, 3.05) is 0 Å². The van der Waals surface area contributed by atoms with Crippen molar-refractivity contribution in [3.63, 3.8) is 0 Å². The molecule has 0 heterocycles. The number of hydrogen-bond donors (Lipinski definition) is 1. The molecule has 0 radical (unpaired) electrons. The normalized spacial score (nSPS) is 12.6. The second kappa shape index (κ2) is 4.13. The van der Waals surface area contributed by atoms with Crippen molar-refractivity contribution in [3.05, 3.63) is 34.4 Å². The van der Waals surface area contributed by atoms with Crippen molar-refractivity contribution < 1.29 is 9.90 Å². The van der Waals surface area contributed by atoms with E-state index in [1.54, 1.807) is 0 Å². The fourth-order valence-electron chi connectivity index (χ4n) is 1.39. The largest absolute Gasteiger partial charge is 0.480 e. The van der Waals surface area contributed by atoms with Gasteiger partial charge >= 0.3 is 5.97 Å². The fraction of sp³-hybridized carbons (Fsp3) is 0.364. The minimum Gasteiger partial charge on any atom is -0.480 e. The van der Waals surface area contributed by atoms with Gasteiger partial charge in [-0.25, -0.2) is 0 Å². The lowest BCUT2D eigenvalue weighted by Gasteiger charge is -2.11. The van der Waals surface area contributed by atoms with Gasteiger partial charge in [0.15, 0.2) is 0 Å². The van der Waals surface area contributed by atoms with Gasteiger partial charge < -0.3 is 5.11 Å². The second-order valence-corrected chi connectivity index (χ2v) is 4.41. The van der Waals surface area contributed by atoms with Crippen LogP contribution in [0.1, 0.15) is 27.1 Å². The summed E-state index contributed by atoms with van der Waals surface area (Å²) in [5.41, 5.74) is 4.16. The molecule has 0 saturated carbocycles. The fourth-order valence-corrected chi connectivity index (χ4v) is 1.88. The maximum atomic E-state index is 10.8. The van der Waals surface area contributed by atoms with Gasteiger partial charge in [-0.15, -0.1) is 0 Å². The van der Waals surface area contributed by atoms with Gasteiger partial charge in [-0.1, -0.05) is 28.1 Å². The van der Waals surface area contributed by atoms with E-state index in [0.29, 0.717) is 0 Å². The van der Waals surface area contributed by atoms with Crippen LogP contribution in [0.15, 0.2) is 12.1 Å². The number of carboxylic acids is 1. The summed E-state index contributed by atoms with van der Waals surface area (Å²) in [6.45, 7) is 5.94. The molecule has 1 N–H and O–H groups in total. The molecule has 0 fully saturated rings. The van der Waals surface area contributed by atoms with Crippen LogP contribution in [-0.4, -0.2) is 11.1 Å². The van der Waals surface area contributed by atoms with E-state index in [9.17, 15) is 4.79 Å². The zero-order valence-corrected chi connectivity index (χ0v) is 10.1. The topological polar surface area (TPSA) is 37.3 Å². The first-order valence-electron chi connectivity index (χ1n) is 4.38. The summed E-state index contributed by atoms with van der Waals surface area (Å²) in [7, 11) is 0. The highest BCUT2D eigenvalue weighted by atomic mass is 79.9. The molecule has 1 aromatic carbocycles. The molecule has 0 aliphatic heterocycles. The molecule has 1 aromatic rings. The predicted molar refractivity (Wildman–Crippen MR) is 60.0 cm³/mol. The Labute approximate surface area is 92.1 Å². The molecule has 1 rings (SSSR count). The first-order valence-corrected chi connectivity index (χ1v) is 5.29. The Morgan fingerprint density at radius 2 is 1.71 bits per heavy atom. The van der Waals surface area contributed by atoms with Crippen LogP contribution >= 0.6 is 15.9 Å². The van der Waals surface area contributed by atoms with Crippen molar-refractivity contribution in [2.24, 2.45) is 0 Å². The third-order valence-electron chi connectivity index (χ3n) is 2.37. The Morgan fingerprint density at radius 3 is 2.21 bits per heavy atom. The van der Waals surface area contributed by atoms with E-state index in [1.165, 1.54) is 5.56 Å². The Bertz CT molecular complexity index is 372. The van der Waals surface area contributed by atoms with E-state index in [4.69, 9.17) is 5.11 Å². The van der Waals surface area contributed by atoms with Gasteiger partial charge in [-0.3, -0.25) is 4.79 Å². The molecule has 0 aliphatic carbocycles. The Morgan fingerprint density at radius 1 is 1.21 bits per heavy atom. The molecule has 1 atom stereocenters. The van der Waals surface area contributed by atoms with E-state index in [0.717, 1.165) is 16.7 Å². The zero-order valence-electron chi connectivity index (χ0n) is 8.47. The van der Waals surface area contributed by atoms with Gasteiger partial charge in [-0.05, 0) is 43.0 Å². The van der Waals surface area contributed by atoms with Crippen LogP contribution in [0.2, 0.25) is 0 Å². The smallest absolute Gasteiger partial charge is 0.321 e.